The summed E-state index contributed by atoms with van der Waals surface area (Å²) in [7, 11) is 1.91. The van der Waals surface area contributed by atoms with Crippen LogP contribution < -0.4 is 5.32 Å². The summed E-state index contributed by atoms with van der Waals surface area (Å²) in [4.78, 5) is 2.46. The Morgan fingerprint density at radius 2 is 2.23 bits per heavy atom. The van der Waals surface area contributed by atoms with Crippen molar-refractivity contribution in [1.82, 2.24) is 10.2 Å². The van der Waals surface area contributed by atoms with E-state index in [2.05, 4.69) is 24.1 Å². The molecule has 0 radical (unpaired) electrons. The first-order chi connectivity index (χ1) is 6.17. The second-order valence-electron chi connectivity index (χ2n) is 4.31. The maximum absolute atomic E-state index is 9.05. The normalized spacial score (nSPS) is 32.3. The van der Waals surface area contributed by atoms with Crippen molar-refractivity contribution in [3.63, 3.8) is 0 Å². The number of nitrogens with one attached hydrogen (secondary N) is 1. The van der Waals surface area contributed by atoms with Crippen LogP contribution in [-0.2, 0) is 0 Å². The molecule has 0 aromatic rings. The summed E-state index contributed by atoms with van der Waals surface area (Å²) in [6.45, 7) is 6.95. The van der Waals surface area contributed by atoms with Crippen LogP contribution in [0.4, 0.5) is 0 Å². The molecular weight excluding hydrogens is 164 g/mol. The molecule has 0 spiro atoms. The van der Waals surface area contributed by atoms with Crippen LogP contribution in [0.2, 0.25) is 0 Å². The van der Waals surface area contributed by atoms with E-state index in [1.165, 1.54) is 13.0 Å². The maximum Gasteiger partial charge on any atom is 0.0597 e. The van der Waals surface area contributed by atoms with E-state index in [9.17, 15) is 0 Å². The molecule has 1 saturated heterocycles. The molecule has 1 rings (SSSR count). The fourth-order valence-corrected chi connectivity index (χ4v) is 2.16. The Morgan fingerprint density at radius 3 is 2.62 bits per heavy atom. The average molecular weight is 186 g/mol. The van der Waals surface area contributed by atoms with E-state index >= 15 is 0 Å². The van der Waals surface area contributed by atoms with E-state index in [4.69, 9.17) is 5.11 Å². The van der Waals surface area contributed by atoms with Crippen LogP contribution in [0.25, 0.3) is 0 Å². The van der Waals surface area contributed by atoms with E-state index in [-0.39, 0.29) is 12.6 Å². The lowest BCUT2D eigenvalue weighted by molar-refractivity contribution is 0.181. The molecule has 1 aliphatic heterocycles. The molecule has 13 heavy (non-hydrogen) atoms. The van der Waals surface area contributed by atoms with Gasteiger partial charge in [0.05, 0.1) is 6.61 Å². The molecule has 0 bridgehead atoms. The van der Waals surface area contributed by atoms with Gasteiger partial charge in [-0.3, -0.25) is 4.90 Å². The largest absolute Gasteiger partial charge is 0.395 e. The minimum absolute atomic E-state index is 0.229. The summed E-state index contributed by atoms with van der Waals surface area (Å²) >= 11 is 0. The highest BCUT2D eigenvalue weighted by Gasteiger charge is 2.27. The maximum atomic E-state index is 9.05. The fraction of sp³-hybridized carbons (Fsp3) is 1.00. The van der Waals surface area contributed by atoms with Crippen molar-refractivity contribution in [3.05, 3.63) is 0 Å². The van der Waals surface area contributed by atoms with Gasteiger partial charge in [0.25, 0.3) is 0 Å². The molecule has 3 heteroatoms. The summed E-state index contributed by atoms with van der Waals surface area (Å²) in [5.74, 6) is 0.811. The molecule has 0 aromatic carbocycles. The number of likely N-dealkylation sites (N-methyl/N-ethyl adjacent to an activating group) is 1. The van der Waals surface area contributed by atoms with Crippen LogP contribution in [0.3, 0.4) is 0 Å². The standard InChI is InChI=1S/C10H22N2O/c1-8-4-9(2)12(5-8)6-10(7-13)11-3/h8-11,13H,4-7H2,1-3H3. The average Bonchev–Trinajstić information content (AvgIpc) is 2.41. The van der Waals surface area contributed by atoms with Gasteiger partial charge < -0.3 is 10.4 Å². The summed E-state index contributed by atoms with van der Waals surface area (Å²) in [5, 5.41) is 12.2. The first kappa shape index (κ1) is 11.0. The summed E-state index contributed by atoms with van der Waals surface area (Å²) < 4.78 is 0. The number of hydrogen-bond donors (Lipinski definition) is 2. The van der Waals surface area contributed by atoms with Crippen molar-refractivity contribution in [2.45, 2.75) is 32.4 Å². The first-order valence-electron chi connectivity index (χ1n) is 5.19. The minimum Gasteiger partial charge on any atom is -0.395 e. The molecule has 0 saturated carbocycles. The smallest absolute Gasteiger partial charge is 0.0597 e. The Bertz CT molecular complexity index is 148. The van der Waals surface area contributed by atoms with Crippen LogP contribution >= 0.6 is 0 Å². The van der Waals surface area contributed by atoms with Crippen LogP contribution in [0, 0.1) is 5.92 Å². The quantitative estimate of drug-likeness (QED) is 0.663. The fourth-order valence-electron chi connectivity index (χ4n) is 2.16. The predicted molar refractivity (Wildman–Crippen MR) is 54.7 cm³/mol. The van der Waals surface area contributed by atoms with Crippen LogP contribution in [0.1, 0.15) is 20.3 Å². The highest BCUT2D eigenvalue weighted by Crippen LogP contribution is 2.21. The number of nitrogens with zero attached hydrogens (tertiary/aromatic N) is 1. The first-order valence-corrected chi connectivity index (χ1v) is 5.19. The molecule has 1 heterocycles. The van der Waals surface area contributed by atoms with E-state index < -0.39 is 0 Å². The van der Waals surface area contributed by atoms with Gasteiger partial charge in [-0.25, -0.2) is 0 Å². The zero-order chi connectivity index (χ0) is 9.84. The molecule has 3 nitrogen and oxygen atoms in total. The zero-order valence-corrected chi connectivity index (χ0v) is 8.95. The van der Waals surface area contributed by atoms with Gasteiger partial charge in [-0.2, -0.15) is 0 Å². The second kappa shape index (κ2) is 4.94. The van der Waals surface area contributed by atoms with E-state index in [0.717, 1.165) is 12.5 Å². The topological polar surface area (TPSA) is 35.5 Å². The molecule has 2 N–H and O–H groups in total. The number of aliphatic hydroxyl groups is 1. The third kappa shape index (κ3) is 2.93. The Hall–Kier alpha value is -0.120. The second-order valence-corrected chi connectivity index (χ2v) is 4.31. The van der Waals surface area contributed by atoms with E-state index in [0.29, 0.717) is 6.04 Å². The molecule has 3 unspecified atom stereocenters. The Kier molecular flexibility index (Phi) is 4.16. The number of hydrogen-bond acceptors (Lipinski definition) is 3. The molecule has 0 aromatic heterocycles. The van der Waals surface area contributed by atoms with Gasteiger partial charge >= 0.3 is 0 Å². The highest BCUT2D eigenvalue weighted by atomic mass is 16.3. The lowest BCUT2D eigenvalue weighted by atomic mass is 10.1. The van der Waals surface area contributed by atoms with Crippen molar-refractivity contribution >= 4 is 0 Å². The zero-order valence-electron chi connectivity index (χ0n) is 8.95. The summed E-state index contributed by atoms with van der Waals surface area (Å²) in [6, 6.07) is 0.908. The molecule has 3 atom stereocenters. The Labute approximate surface area is 81.1 Å². The van der Waals surface area contributed by atoms with E-state index in [1.54, 1.807) is 0 Å². The molecule has 78 valence electrons. The van der Waals surface area contributed by atoms with Crippen molar-refractivity contribution in [1.29, 1.82) is 0 Å². The van der Waals surface area contributed by atoms with Gasteiger partial charge in [-0.15, -0.1) is 0 Å². The molecule has 0 amide bonds. The monoisotopic (exact) mass is 186 g/mol. The Morgan fingerprint density at radius 1 is 1.54 bits per heavy atom. The number of likely N-dealkylation sites (tertiary alicyclic amines) is 1. The van der Waals surface area contributed by atoms with Crippen LogP contribution in [-0.4, -0.2) is 48.8 Å². The molecular formula is C10H22N2O. The van der Waals surface area contributed by atoms with Crippen molar-refractivity contribution < 1.29 is 5.11 Å². The van der Waals surface area contributed by atoms with Gasteiger partial charge in [0.2, 0.25) is 0 Å². The summed E-state index contributed by atoms with van der Waals surface area (Å²) in [6.07, 6.45) is 1.29. The number of rotatable bonds is 4. The van der Waals surface area contributed by atoms with E-state index in [1.807, 2.05) is 7.05 Å². The number of aliphatic hydroxyl groups excluding tert-OH is 1. The molecule has 0 aliphatic carbocycles. The van der Waals surface area contributed by atoms with Crippen molar-refractivity contribution in [2.75, 3.05) is 26.7 Å². The van der Waals surface area contributed by atoms with Gasteiger partial charge in [0.1, 0.15) is 0 Å². The highest BCUT2D eigenvalue weighted by molar-refractivity contribution is 4.83. The SMILES string of the molecule is CNC(CO)CN1CC(C)CC1C. The lowest BCUT2D eigenvalue weighted by Gasteiger charge is -2.25. The summed E-state index contributed by atoms with van der Waals surface area (Å²) in [5.41, 5.74) is 0. The third-order valence-electron chi connectivity index (χ3n) is 3.00. The lowest BCUT2D eigenvalue weighted by Crippen LogP contribution is -2.43. The minimum atomic E-state index is 0.229. The van der Waals surface area contributed by atoms with Crippen molar-refractivity contribution in [3.8, 4) is 0 Å². The van der Waals surface area contributed by atoms with Crippen LogP contribution in [0.15, 0.2) is 0 Å². The molecule has 1 fully saturated rings. The van der Waals surface area contributed by atoms with Crippen LogP contribution in [0.5, 0.6) is 0 Å². The van der Waals surface area contributed by atoms with Crippen molar-refractivity contribution in [2.24, 2.45) is 5.92 Å². The predicted octanol–water partition coefficient (Wildman–Crippen LogP) is 0.297. The van der Waals surface area contributed by atoms with Gasteiger partial charge in [-0.05, 0) is 26.3 Å². The molecule has 1 aliphatic rings. The third-order valence-corrected chi connectivity index (χ3v) is 3.00. The van der Waals surface area contributed by atoms with Gasteiger partial charge in [0.15, 0.2) is 0 Å². The van der Waals surface area contributed by atoms with Gasteiger partial charge in [-0.1, -0.05) is 6.92 Å². The van der Waals surface area contributed by atoms with Gasteiger partial charge in [0, 0.05) is 25.2 Å². The Balaban J connectivity index is 2.35.